The van der Waals surface area contributed by atoms with Gasteiger partial charge in [-0.2, -0.15) is 0 Å². The van der Waals surface area contributed by atoms with Gasteiger partial charge in [0.05, 0.1) is 6.04 Å². The number of carboxylic acid groups (broad SMARTS) is 1. The standard InChI is InChI=1S/C15H21FN2O3/c1-3-4-8-13(14(19)20)18-15(21)17-10(2)11-6-5-7-12(16)9-11/h5-7,9-10,13H,3-4,8H2,1-2H3,(H,19,20)(H2,17,18,21). The highest BCUT2D eigenvalue weighted by molar-refractivity contribution is 5.82. The molecule has 0 aliphatic heterocycles. The molecule has 0 aliphatic carbocycles. The summed E-state index contributed by atoms with van der Waals surface area (Å²) in [7, 11) is 0. The minimum absolute atomic E-state index is 0.382. The summed E-state index contributed by atoms with van der Waals surface area (Å²) in [6, 6.07) is 4.00. The summed E-state index contributed by atoms with van der Waals surface area (Å²) in [4.78, 5) is 22.9. The molecule has 0 spiro atoms. The molecule has 0 fully saturated rings. The van der Waals surface area contributed by atoms with Crippen LogP contribution in [0.15, 0.2) is 24.3 Å². The molecule has 0 saturated heterocycles. The van der Waals surface area contributed by atoms with Gasteiger partial charge in [0.1, 0.15) is 11.9 Å². The molecule has 0 aromatic heterocycles. The minimum atomic E-state index is -1.06. The number of aliphatic carboxylic acids is 1. The number of nitrogens with one attached hydrogen (secondary N) is 2. The van der Waals surface area contributed by atoms with Gasteiger partial charge >= 0.3 is 12.0 Å². The molecule has 21 heavy (non-hydrogen) atoms. The Bertz CT molecular complexity index is 494. The third kappa shape index (κ3) is 5.81. The van der Waals surface area contributed by atoms with Crippen LogP contribution in [0.25, 0.3) is 0 Å². The van der Waals surface area contributed by atoms with Crippen LogP contribution in [0.2, 0.25) is 0 Å². The predicted octanol–water partition coefficient (Wildman–Crippen LogP) is 2.83. The molecule has 0 bridgehead atoms. The van der Waals surface area contributed by atoms with Crippen molar-refractivity contribution >= 4 is 12.0 Å². The van der Waals surface area contributed by atoms with Gasteiger partial charge in [-0.3, -0.25) is 0 Å². The van der Waals surface area contributed by atoms with Crippen LogP contribution in [0.1, 0.15) is 44.7 Å². The number of carbonyl (C=O) groups is 2. The highest BCUT2D eigenvalue weighted by Crippen LogP contribution is 2.13. The van der Waals surface area contributed by atoms with Gasteiger partial charge in [0.15, 0.2) is 0 Å². The van der Waals surface area contributed by atoms with Gasteiger partial charge in [-0.05, 0) is 31.0 Å². The number of rotatable bonds is 7. The lowest BCUT2D eigenvalue weighted by Crippen LogP contribution is -2.46. The highest BCUT2D eigenvalue weighted by Gasteiger charge is 2.20. The summed E-state index contributed by atoms with van der Waals surface area (Å²) < 4.78 is 13.1. The Hall–Kier alpha value is -2.11. The maximum atomic E-state index is 13.1. The van der Waals surface area contributed by atoms with Gasteiger partial charge in [-0.15, -0.1) is 0 Å². The van der Waals surface area contributed by atoms with E-state index in [1.54, 1.807) is 19.1 Å². The van der Waals surface area contributed by atoms with Gasteiger partial charge in [0.2, 0.25) is 0 Å². The first-order valence-electron chi connectivity index (χ1n) is 6.99. The van der Waals surface area contributed by atoms with E-state index in [1.807, 2.05) is 6.92 Å². The molecule has 2 unspecified atom stereocenters. The average molecular weight is 296 g/mol. The summed E-state index contributed by atoms with van der Waals surface area (Å²) in [5.74, 6) is -1.44. The van der Waals surface area contributed by atoms with Crippen LogP contribution in [0.4, 0.5) is 9.18 Å². The number of benzene rings is 1. The molecule has 1 aromatic carbocycles. The van der Waals surface area contributed by atoms with Crippen LogP contribution in [0.3, 0.4) is 0 Å². The van der Waals surface area contributed by atoms with E-state index in [0.29, 0.717) is 12.0 Å². The fourth-order valence-electron chi connectivity index (χ4n) is 1.92. The second kappa shape index (κ2) is 8.24. The molecular formula is C15H21FN2O3. The number of hydrogen-bond donors (Lipinski definition) is 3. The first kappa shape index (κ1) is 16.9. The molecule has 1 aromatic rings. The Morgan fingerprint density at radius 2 is 2.05 bits per heavy atom. The number of amides is 2. The van der Waals surface area contributed by atoms with Crippen molar-refractivity contribution in [3.63, 3.8) is 0 Å². The summed E-state index contributed by atoms with van der Waals surface area (Å²) in [6.45, 7) is 3.65. The molecule has 0 saturated carbocycles. The van der Waals surface area contributed by atoms with Crippen molar-refractivity contribution in [1.82, 2.24) is 10.6 Å². The molecular weight excluding hydrogens is 275 g/mol. The molecule has 5 nitrogen and oxygen atoms in total. The van der Waals surface area contributed by atoms with Crippen molar-refractivity contribution in [2.75, 3.05) is 0 Å². The lowest BCUT2D eigenvalue weighted by molar-refractivity contribution is -0.139. The van der Waals surface area contributed by atoms with Gasteiger partial charge < -0.3 is 15.7 Å². The van der Waals surface area contributed by atoms with Gasteiger partial charge in [0, 0.05) is 0 Å². The number of halogens is 1. The topological polar surface area (TPSA) is 78.4 Å². The molecule has 6 heteroatoms. The summed E-state index contributed by atoms with van der Waals surface area (Å²) in [5.41, 5.74) is 0.616. The largest absolute Gasteiger partial charge is 0.480 e. The minimum Gasteiger partial charge on any atom is -0.480 e. The van der Waals surface area contributed by atoms with E-state index in [1.165, 1.54) is 12.1 Å². The van der Waals surface area contributed by atoms with Crippen LogP contribution in [0, 0.1) is 5.82 Å². The molecule has 0 radical (unpaired) electrons. The number of unbranched alkanes of at least 4 members (excludes halogenated alkanes) is 1. The van der Waals surface area contributed by atoms with Crippen LogP contribution < -0.4 is 10.6 Å². The second-order valence-corrected chi connectivity index (χ2v) is 4.93. The molecule has 0 aliphatic rings. The van der Waals surface area contributed by atoms with Crippen molar-refractivity contribution in [3.05, 3.63) is 35.6 Å². The molecule has 3 N–H and O–H groups in total. The van der Waals surface area contributed by atoms with Crippen molar-refractivity contribution in [2.45, 2.75) is 45.2 Å². The predicted molar refractivity (Wildman–Crippen MR) is 77.4 cm³/mol. The maximum absolute atomic E-state index is 13.1. The SMILES string of the molecule is CCCCC(NC(=O)NC(C)c1cccc(F)c1)C(=O)O. The fraction of sp³-hybridized carbons (Fsp3) is 0.467. The fourth-order valence-corrected chi connectivity index (χ4v) is 1.92. The number of carboxylic acids is 1. The average Bonchev–Trinajstić information content (AvgIpc) is 2.43. The number of urea groups is 1. The Labute approximate surface area is 123 Å². The quantitative estimate of drug-likeness (QED) is 0.724. The first-order chi connectivity index (χ1) is 9.93. The zero-order valence-electron chi connectivity index (χ0n) is 12.2. The Morgan fingerprint density at radius 3 is 2.62 bits per heavy atom. The van der Waals surface area contributed by atoms with E-state index in [9.17, 15) is 14.0 Å². The van der Waals surface area contributed by atoms with Crippen molar-refractivity contribution in [2.24, 2.45) is 0 Å². The zero-order valence-corrected chi connectivity index (χ0v) is 12.2. The van der Waals surface area contributed by atoms with Crippen LogP contribution in [0.5, 0.6) is 0 Å². The van der Waals surface area contributed by atoms with E-state index < -0.39 is 24.1 Å². The summed E-state index contributed by atoms with van der Waals surface area (Å²) in [6.07, 6.45) is 1.96. The molecule has 2 amide bonds. The molecule has 0 heterocycles. The van der Waals surface area contributed by atoms with E-state index in [2.05, 4.69) is 10.6 Å². The molecule has 116 valence electrons. The third-order valence-corrected chi connectivity index (χ3v) is 3.15. The van der Waals surface area contributed by atoms with E-state index >= 15 is 0 Å². The zero-order chi connectivity index (χ0) is 15.8. The van der Waals surface area contributed by atoms with Crippen LogP contribution in [-0.2, 0) is 4.79 Å². The maximum Gasteiger partial charge on any atom is 0.326 e. The van der Waals surface area contributed by atoms with Gasteiger partial charge in [-0.1, -0.05) is 31.9 Å². The highest BCUT2D eigenvalue weighted by atomic mass is 19.1. The summed E-state index contributed by atoms with van der Waals surface area (Å²) >= 11 is 0. The van der Waals surface area contributed by atoms with E-state index in [0.717, 1.165) is 12.8 Å². The van der Waals surface area contributed by atoms with E-state index in [-0.39, 0.29) is 5.82 Å². The van der Waals surface area contributed by atoms with Crippen LogP contribution >= 0.6 is 0 Å². The van der Waals surface area contributed by atoms with Gasteiger partial charge in [0.25, 0.3) is 0 Å². The summed E-state index contributed by atoms with van der Waals surface area (Å²) in [5, 5.41) is 14.1. The van der Waals surface area contributed by atoms with Crippen LogP contribution in [-0.4, -0.2) is 23.1 Å². The normalized spacial score (nSPS) is 13.3. The number of carbonyl (C=O) groups excluding carboxylic acids is 1. The first-order valence-corrected chi connectivity index (χ1v) is 6.99. The smallest absolute Gasteiger partial charge is 0.326 e. The second-order valence-electron chi connectivity index (χ2n) is 4.93. The molecule has 2 atom stereocenters. The third-order valence-electron chi connectivity index (χ3n) is 3.15. The Morgan fingerprint density at radius 1 is 1.33 bits per heavy atom. The Kier molecular flexibility index (Phi) is 6.65. The van der Waals surface area contributed by atoms with Crippen molar-refractivity contribution in [1.29, 1.82) is 0 Å². The monoisotopic (exact) mass is 296 g/mol. The molecule has 1 rings (SSSR count). The van der Waals surface area contributed by atoms with Gasteiger partial charge in [-0.25, -0.2) is 14.0 Å². The number of hydrogen-bond acceptors (Lipinski definition) is 2. The van der Waals surface area contributed by atoms with E-state index in [4.69, 9.17) is 5.11 Å². The Balaban J connectivity index is 2.57. The lowest BCUT2D eigenvalue weighted by atomic mass is 10.1. The van der Waals surface area contributed by atoms with Crippen molar-refractivity contribution in [3.8, 4) is 0 Å². The van der Waals surface area contributed by atoms with Crippen molar-refractivity contribution < 1.29 is 19.1 Å². The lowest BCUT2D eigenvalue weighted by Gasteiger charge is -2.18.